The Bertz CT molecular complexity index is 1070. The van der Waals surface area contributed by atoms with E-state index in [2.05, 4.69) is 5.10 Å². The van der Waals surface area contributed by atoms with Gasteiger partial charge in [-0.15, -0.1) is 0 Å². The molecule has 2 aromatic carbocycles. The predicted molar refractivity (Wildman–Crippen MR) is 96.3 cm³/mol. The van der Waals surface area contributed by atoms with Crippen LogP contribution in [0, 0.1) is 0 Å². The van der Waals surface area contributed by atoms with E-state index in [-0.39, 0.29) is 36.0 Å². The summed E-state index contributed by atoms with van der Waals surface area (Å²) in [6, 6.07) is 10.6. The molecule has 1 heterocycles. The van der Waals surface area contributed by atoms with Crippen molar-refractivity contribution in [3.8, 4) is 11.3 Å². The minimum atomic E-state index is -4.58. The molecule has 0 radical (unpaired) electrons. The summed E-state index contributed by atoms with van der Waals surface area (Å²) in [6.07, 6.45) is -9.75. The van der Waals surface area contributed by atoms with Gasteiger partial charge in [0.15, 0.2) is 0 Å². The number of fused-ring (bicyclic) bond motifs is 1. The van der Waals surface area contributed by atoms with Crippen molar-refractivity contribution in [2.45, 2.75) is 38.2 Å². The minimum absolute atomic E-state index is 0.000352. The number of para-hydroxylation sites is 1. The highest BCUT2D eigenvalue weighted by molar-refractivity contribution is 5.82. The lowest BCUT2D eigenvalue weighted by Gasteiger charge is -2.13. The lowest BCUT2D eigenvalue weighted by molar-refractivity contribution is -0.137. The second-order valence-corrected chi connectivity index (χ2v) is 6.57. The largest absolute Gasteiger partial charge is 0.416 e. The number of unbranched alkanes of at least 4 members (excludes halogenated alkanes) is 1. The fraction of sp³-hybridized carbons (Fsp3) is 0.300. The topological polar surface area (TPSA) is 34.9 Å². The maximum absolute atomic E-state index is 13.0. The van der Waals surface area contributed by atoms with Gasteiger partial charge in [-0.1, -0.05) is 24.3 Å². The number of benzene rings is 2. The van der Waals surface area contributed by atoms with Crippen LogP contribution in [-0.2, 0) is 12.7 Å². The van der Waals surface area contributed by atoms with Crippen LogP contribution in [0.4, 0.5) is 26.3 Å². The van der Waals surface area contributed by atoms with Crippen LogP contribution < -0.4 is 5.43 Å². The summed E-state index contributed by atoms with van der Waals surface area (Å²) in [4.78, 5) is 12.8. The molecular weight excluding hydrogens is 398 g/mol. The van der Waals surface area contributed by atoms with E-state index in [4.69, 9.17) is 0 Å². The van der Waals surface area contributed by atoms with Crippen LogP contribution in [0.1, 0.15) is 24.8 Å². The summed E-state index contributed by atoms with van der Waals surface area (Å²) in [5.41, 5.74) is -1.21. The average Bonchev–Trinajstić information content (AvgIpc) is 2.65. The lowest BCUT2D eigenvalue weighted by atomic mass is 10.1. The van der Waals surface area contributed by atoms with Crippen LogP contribution in [0.15, 0.2) is 53.3 Å². The van der Waals surface area contributed by atoms with E-state index in [0.29, 0.717) is 5.52 Å². The summed E-state index contributed by atoms with van der Waals surface area (Å²) in [5, 5.41) is 4.42. The molecule has 0 fully saturated rings. The van der Waals surface area contributed by atoms with Gasteiger partial charge < -0.3 is 0 Å². The number of rotatable bonds is 5. The molecule has 0 atom stereocenters. The summed E-state index contributed by atoms with van der Waals surface area (Å²) in [6.45, 7) is 0.100. The Balaban J connectivity index is 2.03. The van der Waals surface area contributed by atoms with Crippen molar-refractivity contribution in [1.82, 2.24) is 9.78 Å². The summed E-state index contributed by atoms with van der Waals surface area (Å²) < 4.78 is 77.5. The van der Waals surface area contributed by atoms with Gasteiger partial charge in [0, 0.05) is 23.9 Å². The highest BCUT2D eigenvalue weighted by Crippen LogP contribution is 2.31. The molecule has 0 saturated heterocycles. The van der Waals surface area contributed by atoms with E-state index >= 15 is 0 Å². The first-order chi connectivity index (χ1) is 13.6. The normalized spacial score (nSPS) is 12.5. The third kappa shape index (κ3) is 4.96. The average molecular weight is 414 g/mol. The van der Waals surface area contributed by atoms with Gasteiger partial charge in [-0.25, -0.2) is 0 Å². The fourth-order valence-electron chi connectivity index (χ4n) is 3.03. The molecule has 154 valence electrons. The maximum atomic E-state index is 13.0. The van der Waals surface area contributed by atoms with Gasteiger partial charge in [-0.05, 0) is 37.1 Å². The van der Waals surface area contributed by atoms with Crippen LogP contribution in [0.5, 0.6) is 0 Å². The van der Waals surface area contributed by atoms with Crippen molar-refractivity contribution in [3.05, 3.63) is 64.3 Å². The van der Waals surface area contributed by atoms with Gasteiger partial charge in [-0.2, -0.15) is 31.4 Å². The van der Waals surface area contributed by atoms with Crippen molar-refractivity contribution in [2.75, 3.05) is 0 Å². The molecule has 29 heavy (non-hydrogen) atoms. The summed E-state index contributed by atoms with van der Waals surface area (Å²) in [5.74, 6) is 0. The highest BCUT2D eigenvalue weighted by Gasteiger charge is 2.31. The molecule has 0 saturated carbocycles. The van der Waals surface area contributed by atoms with Gasteiger partial charge in [0.05, 0.1) is 11.1 Å². The molecule has 3 rings (SSSR count). The van der Waals surface area contributed by atoms with E-state index in [0.717, 1.165) is 12.1 Å². The van der Waals surface area contributed by atoms with Gasteiger partial charge in [0.25, 0.3) is 0 Å². The number of halogens is 6. The molecule has 0 aliphatic rings. The molecule has 1 aromatic heterocycles. The van der Waals surface area contributed by atoms with Gasteiger partial charge in [0.2, 0.25) is 5.43 Å². The van der Waals surface area contributed by atoms with E-state index in [9.17, 15) is 31.1 Å². The standard InChI is InChI=1S/C20H16F6N2O/c21-19(22,23)10-3-4-11-28-16-9-2-1-8-15(16)18(29)17(27-28)13-6-5-7-14(12-13)20(24,25)26/h1-2,5-9,12H,3-4,10-11H2. The second-order valence-electron chi connectivity index (χ2n) is 6.57. The van der Waals surface area contributed by atoms with Crippen LogP contribution >= 0.6 is 0 Å². The minimum Gasteiger partial charge on any atom is -0.287 e. The van der Waals surface area contributed by atoms with Crippen LogP contribution in [0.3, 0.4) is 0 Å². The Labute approximate surface area is 161 Å². The zero-order valence-corrected chi connectivity index (χ0v) is 15.0. The third-order valence-electron chi connectivity index (χ3n) is 4.41. The number of nitrogens with zero attached hydrogens (tertiary/aromatic N) is 2. The first-order valence-corrected chi connectivity index (χ1v) is 8.80. The van der Waals surface area contributed by atoms with Crippen molar-refractivity contribution < 1.29 is 26.3 Å². The maximum Gasteiger partial charge on any atom is 0.416 e. The molecular formula is C20H16F6N2O. The molecule has 3 nitrogen and oxygen atoms in total. The lowest BCUT2D eigenvalue weighted by Crippen LogP contribution is -2.17. The van der Waals surface area contributed by atoms with E-state index < -0.39 is 29.8 Å². The van der Waals surface area contributed by atoms with Crippen molar-refractivity contribution in [3.63, 3.8) is 0 Å². The van der Waals surface area contributed by atoms with Crippen molar-refractivity contribution in [2.24, 2.45) is 0 Å². The van der Waals surface area contributed by atoms with Gasteiger partial charge in [-0.3, -0.25) is 9.48 Å². The number of aryl methyl sites for hydroxylation is 1. The third-order valence-corrected chi connectivity index (χ3v) is 4.41. The van der Waals surface area contributed by atoms with Crippen molar-refractivity contribution >= 4 is 10.9 Å². The zero-order chi connectivity index (χ0) is 21.2. The fourth-order valence-corrected chi connectivity index (χ4v) is 3.03. The Kier molecular flexibility index (Phi) is 5.68. The highest BCUT2D eigenvalue weighted by atomic mass is 19.4. The Hall–Kier alpha value is -2.84. The van der Waals surface area contributed by atoms with E-state index in [1.807, 2.05) is 0 Å². The number of hydrogen-bond donors (Lipinski definition) is 0. The van der Waals surface area contributed by atoms with E-state index in [1.54, 1.807) is 18.2 Å². The second kappa shape index (κ2) is 7.88. The Morgan fingerprint density at radius 2 is 1.62 bits per heavy atom. The number of aromatic nitrogens is 2. The molecule has 0 spiro atoms. The molecule has 0 unspecified atom stereocenters. The molecule has 0 aliphatic heterocycles. The quantitative estimate of drug-likeness (QED) is 0.390. The van der Waals surface area contributed by atoms with Gasteiger partial charge in [0.1, 0.15) is 5.69 Å². The van der Waals surface area contributed by atoms with E-state index in [1.165, 1.54) is 22.9 Å². The molecule has 9 heteroatoms. The number of hydrogen-bond acceptors (Lipinski definition) is 2. The predicted octanol–water partition coefficient (Wildman–Crippen LogP) is 5.81. The zero-order valence-electron chi connectivity index (χ0n) is 15.0. The monoisotopic (exact) mass is 414 g/mol. The number of alkyl halides is 6. The SMILES string of the molecule is O=c1c(-c2cccc(C(F)(F)F)c2)nn(CCCCC(F)(F)F)c2ccccc12. The first kappa shape index (κ1) is 20.9. The Morgan fingerprint density at radius 1 is 0.897 bits per heavy atom. The molecule has 0 N–H and O–H groups in total. The van der Waals surface area contributed by atoms with Crippen LogP contribution in [0.25, 0.3) is 22.2 Å². The van der Waals surface area contributed by atoms with Crippen LogP contribution in [-0.4, -0.2) is 16.0 Å². The van der Waals surface area contributed by atoms with Gasteiger partial charge >= 0.3 is 12.4 Å². The first-order valence-electron chi connectivity index (χ1n) is 8.80. The smallest absolute Gasteiger partial charge is 0.287 e. The summed E-state index contributed by atoms with van der Waals surface area (Å²) in [7, 11) is 0. The molecule has 3 aromatic rings. The molecule has 0 bridgehead atoms. The summed E-state index contributed by atoms with van der Waals surface area (Å²) >= 11 is 0. The molecule has 0 amide bonds. The van der Waals surface area contributed by atoms with Crippen LogP contribution in [0.2, 0.25) is 0 Å². The van der Waals surface area contributed by atoms with Crippen molar-refractivity contribution in [1.29, 1.82) is 0 Å². The molecule has 0 aliphatic carbocycles. The Morgan fingerprint density at radius 3 is 2.31 bits per heavy atom.